The predicted molar refractivity (Wildman–Crippen MR) is 119 cm³/mol. The summed E-state index contributed by atoms with van der Waals surface area (Å²) in [4.78, 5) is 19.2. The SMILES string of the molecule is O=C(NCc1cccc(Cn2ccnc2)c1)C1CCCN(Cc2cccc(Cl)c2)C1. The van der Waals surface area contributed by atoms with Crippen molar-refractivity contribution in [3.63, 3.8) is 0 Å². The Labute approximate surface area is 182 Å². The molecule has 4 rings (SSSR count). The summed E-state index contributed by atoms with van der Waals surface area (Å²) in [5, 5.41) is 3.90. The highest BCUT2D eigenvalue weighted by Crippen LogP contribution is 2.20. The van der Waals surface area contributed by atoms with Crippen molar-refractivity contribution >= 4 is 17.5 Å². The molecule has 1 saturated heterocycles. The number of likely N-dealkylation sites (tertiary alicyclic amines) is 1. The van der Waals surface area contributed by atoms with E-state index in [9.17, 15) is 4.79 Å². The first-order valence-corrected chi connectivity index (χ1v) is 10.8. The minimum atomic E-state index is 0.0343. The highest BCUT2D eigenvalue weighted by Gasteiger charge is 2.25. The Morgan fingerprint density at radius 1 is 1.10 bits per heavy atom. The molecule has 1 aliphatic heterocycles. The normalized spacial score (nSPS) is 17.0. The number of nitrogens with zero attached hydrogens (tertiary/aromatic N) is 3. The maximum absolute atomic E-state index is 12.8. The van der Waals surface area contributed by atoms with Crippen LogP contribution in [0.5, 0.6) is 0 Å². The Bertz CT molecular complexity index is 973. The summed E-state index contributed by atoms with van der Waals surface area (Å²) in [6.07, 6.45) is 7.53. The molecule has 3 aromatic rings. The Balaban J connectivity index is 1.29. The third-order valence-electron chi connectivity index (χ3n) is 5.55. The summed E-state index contributed by atoms with van der Waals surface area (Å²) >= 11 is 6.10. The van der Waals surface area contributed by atoms with Crippen LogP contribution in [0.25, 0.3) is 0 Å². The van der Waals surface area contributed by atoms with Crippen LogP contribution in [0.3, 0.4) is 0 Å². The summed E-state index contributed by atoms with van der Waals surface area (Å²) < 4.78 is 2.04. The lowest BCUT2D eigenvalue weighted by Gasteiger charge is -2.32. The molecule has 1 aliphatic rings. The second-order valence-corrected chi connectivity index (χ2v) is 8.41. The highest BCUT2D eigenvalue weighted by molar-refractivity contribution is 6.30. The number of halogens is 1. The number of carbonyl (C=O) groups is 1. The predicted octanol–water partition coefficient (Wildman–Crippen LogP) is 4.11. The number of imidazole rings is 1. The largest absolute Gasteiger partial charge is 0.352 e. The third-order valence-corrected chi connectivity index (χ3v) is 5.79. The van der Waals surface area contributed by atoms with E-state index in [1.807, 2.05) is 41.4 Å². The molecule has 1 N–H and O–H groups in total. The molecule has 0 spiro atoms. The van der Waals surface area contributed by atoms with Gasteiger partial charge in [-0.15, -0.1) is 0 Å². The van der Waals surface area contributed by atoms with Crippen molar-refractivity contribution in [1.29, 1.82) is 0 Å². The summed E-state index contributed by atoms with van der Waals surface area (Å²) in [6.45, 7) is 3.98. The van der Waals surface area contributed by atoms with Gasteiger partial charge in [0.1, 0.15) is 0 Å². The Morgan fingerprint density at radius 3 is 2.70 bits per heavy atom. The first-order chi connectivity index (χ1) is 14.7. The Hall–Kier alpha value is -2.63. The van der Waals surface area contributed by atoms with Crippen LogP contribution < -0.4 is 5.32 Å². The van der Waals surface area contributed by atoms with Gasteiger partial charge in [0.25, 0.3) is 0 Å². The lowest BCUT2D eigenvalue weighted by Crippen LogP contribution is -2.42. The topological polar surface area (TPSA) is 50.2 Å². The molecule has 1 unspecified atom stereocenters. The number of aromatic nitrogens is 2. The second-order valence-electron chi connectivity index (χ2n) is 7.98. The maximum atomic E-state index is 12.8. The van der Waals surface area contributed by atoms with Crippen molar-refractivity contribution in [2.45, 2.75) is 32.5 Å². The quantitative estimate of drug-likeness (QED) is 0.623. The van der Waals surface area contributed by atoms with E-state index < -0.39 is 0 Å². The molecule has 2 heterocycles. The van der Waals surface area contributed by atoms with E-state index in [2.05, 4.69) is 39.5 Å². The van der Waals surface area contributed by atoms with Gasteiger partial charge < -0.3 is 9.88 Å². The van der Waals surface area contributed by atoms with Crippen LogP contribution in [-0.4, -0.2) is 33.4 Å². The molecule has 0 aliphatic carbocycles. The van der Waals surface area contributed by atoms with Crippen LogP contribution >= 0.6 is 11.6 Å². The minimum absolute atomic E-state index is 0.0343. The Morgan fingerprint density at radius 2 is 1.90 bits per heavy atom. The lowest BCUT2D eigenvalue weighted by atomic mass is 9.96. The number of rotatable bonds is 7. The third kappa shape index (κ3) is 5.71. The molecule has 2 aromatic carbocycles. The maximum Gasteiger partial charge on any atom is 0.224 e. The van der Waals surface area contributed by atoms with Crippen LogP contribution in [0.4, 0.5) is 0 Å². The van der Waals surface area contributed by atoms with Gasteiger partial charge in [-0.1, -0.05) is 48.0 Å². The number of nitrogens with one attached hydrogen (secondary N) is 1. The molecule has 1 fully saturated rings. The number of piperidine rings is 1. The molecular weight excluding hydrogens is 396 g/mol. The van der Waals surface area contributed by atoms with Gasteiger partial charge in [-0.3, -0.25) is 9.69 Å². The van der Waals surface area contributed by atoms with E-state index in [-0.39, 0.29) is 11.8 Å². The molecule has 5 nitrogen and oxygen atoms in total. The lowest BCUT2D eigenvalue weighted by molar-refractivity contribution is -0.126. The number of amides is 1. The molecule has 1 atom stereocenters. The molecule has 6 heteroatoms. The van der Waals surface area contributed by atoms with Gasteiger partial charge >= 0.3 is 0 Å². The molecule has 1 aromatic heterocycles. The van der Waals surface area contributed by atoms with Crippen molar-refractivity contribution in [3.05, 3.63) is 89.0 Å². The standard InChI is InChI=1S/C24H27ClN4O/c25-23-8-2-6-21(13-23)15-28-10-3-7-22(17-28)24(30)27-14-19-4-1-5-20(12-19)16-29-11-9-26-18-29/h1-2,4-6,8-9,11-13,18,22H,3,7,10,14-17H2,(H,27,30). The summed E-state index contributed by atoms with van der Waals surface area (Å²) in [5.74, 6) is 0.179. The number of carbonyl (C=O) groups excluding carboxylic acids is 1. The molecule has 0 radical (unpaired) electrons. The van der Waals surface area contributed by atoms with Crippen molar-refractivity contribution in [2.24, 2.45) is 5.92 Å². The van der Waals surface area contributed by atoms with Crippen LogP contribution in [0.2, 0.25) is 5.02 Å². The molecule has 30 heavy (non-hydrogen) atoms. The molecule has 0 bridgehead atoms. The van der Waals surface area contributed by atoms with Gasteiger partial charge in [-0.05, 0) is 48.2 Å². The molecule has 0 saturated carbocycles. The van der Waals surface area contributed by atoms with E-state index in [0.717, 1.165) is 49.6 Å². The van der Waals surface area contributed by atoms with Gasteiger partial charge in [-0.25, -0.2) is 4.98 Å². The number of hydrogen-bond donors (Lipinski definition) is 1. The summed E-state index contributed by atoms with van der Waals surface area (Å²) in [7, 11) is 0. The zero-order valence-electron chi connectivity index (χ0n) is 17.0. The molecular formula is C24H27ClN4O. The van der Waals surface area contributed by atoms with Crippen LogP contribution in [0.1, 0.15) is 29.5 Å². The fraction of sp³-hybridized carbons (Fsp3) is 0.333. The first-order valence-electron chi connectivity index (χ1n) is 10.4. The Kier molecular flexibility index (Phi) is 6.82. The van der Waals surface area contributed by atoms with Gasteiger partial charge in [0.15, 0.2) is 0 Å². The van der Waals surface area contributed by atoms with Crippen molar-refractivity contribution in [1.82, 2.24) is 19.8 Å². The summed E-state index contributed by atoms with van der Waals surface area (Å²) in [5.41, 5.74) is 3.51. The van der Waals surface area contributed by atoms with E-state index >= 15 is 0 Å². The van der Waals surface area contributed by atoms with E-state index in [4.69, 9.17) is 11.6 Å². The van der Waals surface area contributed by atoms with Gasteiger partial charge in [0.2, 0.25) is 5.91 Å². The average Bonchev–Trinajstić information content (AvgIpc) is 3.25. The van der Waals surface area contributed by atoms with Crippen molar-refractivity contribution in [3.8, 4) is 0 Å². The number of hydrogen-bond acceptors (Lipinski definition) is 3. The van der Waals surface area contributed by atoms with E-state index in [1.54, 1.807) is 6.20 Å². The number of benzene rings is 2. The smallest absolute Gasteiger partial charge is 0.224 e. The van der Waals surface area contributed by atoms with E-state index in [1.165, 1.54) is 11.1 Å². The highest BCUT2D eigenvalue weighted by atomic mass is 35.5. The summed E-state index contributed by atoms with van der Waals surface area (Å²) in [6, 6.07) is 16.3. The average molecular weight is 423 g/mol. The fourth-order valence-electron chi connectivity index (χ4n) is 4.07. The van der Waals surface area contributed by atoms with Gasteiger partial charge in [0.05, 0.1) is 12.2 Å². The zero-order valence-corrected chi connectivity index (χ0v) is 17.8. The van der Waals surface area contributed by atoms with Crippen LogP contribution in [0.15, 0.2) is 67.3 Å². The second kappa shape index (κ2) is 9.92. The fourth-order valence-corrected chi connectivity index (χ4v) is 4.28. The van der Waals surface area contributed by atoms with Crippen LogP contribution in [-0.2, 0) is 24.4 Å². The molecule has 1 amide bonds. The molecule has 156 valence electrons. The van der Waals surface area contributed by atoms with Crippen molar-refractivity contribution in [2.75, 3.05) is 13.1 Å². The van der Waals surface area contributed by atoms with E-state index in [0.29, 0.717) is 6.54 Å². The first kappa shape index (κ1) is 20.6. The zero-order chi connectivity index (χ0) is 20.8. The monoisotopic (exact) mass is 422 g/mol. The van der Waals surface area contributed by atoms with Crippen LogP contribution in [0, 0.1) is 5.92 Å². The minimum Gasteiger partial charge on any atom is -0.352 e. The van der Waals surface area contributed by atoms with Gasteiger partial charge in [0, 0.05) is 43.6 Å². The van der Waals surface area contributed by atoms with Crippen molar-refractivity contribution < 1.29 is 4.79 Å². The van der Waals surface area contributed by atoms with Gasteiger partial charge in [-0.2, -0.15) is 0 Å².